The molecular weight excluding hydrogens is 268 g/mol. The van der Waals surface area contributed by atoms with Crippen molar-refractivity contribution in [2.24, 2.45) is 5.92 Å². The molecule has 2 heterocycles. The highest BCUT2D eigenvalue weighted by Crippen LogP contribution is 2.31. The minimum Gasteiger partial charge on any atom is -0.357 e. The summed E-state index contributed by atoms with van der Waals surface area (Å²) >= 11 is 0. The first-order valence-electron chi connectivity index (χ1n) is 7.34. The molecule has 2 aromatic heterocycles. The van der Waals surface area contributed by atoms with Gasteiger partial charge in [-0.15, -0.1) is 0 Å². The van der Waals surface area contributed by atoms with E-state index in [2.05, 4.69) is 42.2 Å². The number of nitrogens with zero attached hydrogens (tertiary/aromatic N) is 7. The second-order valence-electron chi connectivity index (χ2n) is 5.24. The van der Waals surface area contributed by atoms with Crippen LogP contribution in [0.5, 0.6) is 0 Å². The van der Waals surface area contributed by atoms with Crippen LogP contribution in [0.2, 0.25) is 0 Å². The molecule has 0 saturated heterocycles. The summed E-state index contributed by atoms with van der Waals surface area (Å²) in [4.78, 5) is 19.5. The van der Waals surface area contributed by atoms with Crippen LogP contribution < -0.4 is 10.2 Å². The van der Waals surface area contributed by atoms with Crippen LogP contribution in [0.4, 0.5) is 11.9 Å². The van der Waals surface area contributed by atoms with Gasteiger partial charge in [0.15, 0.2) is 0 Å². The molecule has 0 radical (unpaired) electrons. The number of anilines is 2. The molecular formula is C13H20N8. The molecule has 0 aliphatic heterocycles. The smallest absolute Gasteiger partial charge is 0.258 e. The van der Waals surface area contributed by atoms with Crippen molar-refractivity contribution in [3.63, 3.8) is 0 Å². The van der Waals surface area contributed by atoms with Gasteiger partial charge in [0.2, 0.25) is 11.9 Å². The van der Waals surface area contributed by atoms with Crippen LogP contribution in [-0.4, -0.2) is 49.9 Å². The molecule has 1 N–H and O–H groups in total. The minimum atomic E-state index is 0.485. The Hall–Kier alpha value is -2.25. The Labute approximate surface area is 123 Å². The van der Waals surface area contributed by atoms with Crippen LogP contribution in [0.25, 0.3) is 5.95 Å². The van der Waals surface area contributed by atoms with Crippen LogP contribution in [0.1, 0.15) is 26.2 Å². The zero-order valence-electron chi connectivity index (χ0n) is 12.4. The standard InChI is InChI=1S/C13H20N8/c1-3-6-20(7-10-4-5-10)12-17-11(14-2)18-13(19-12)21-9-15-8-16-21/h8-10H,3-7H2,1-2H3,(H,14,17,18,19). The van der Waals surface area contributed by atoms with Crippen molar-refractivity contribution < 1.29 is 0 Å². The highest BCUT2D eigenvalue weighted by atomic mass is 15.4. The topological polar surface area (TPSA) is 84.7 Å². The zero-order valence-corrected chi connectivity index (χ0v) is 12.4. The summed E-state index contributed by atoms with van der Waals surface area (Å²) in [5, 5.41) is 7.07. The predicted octanol–water partition coefficient (Wildman–Crippen LogP) is 1.12. The third kappa shape index (κ3) is 3.26. The van der Waals surface area contributed by atoms with E-state index in [-0.39, 0.29) is 0 Å². The SMILES string of the molecule is CCCN(CC1CC1)c1nc(NC)nc(-n2cncn2)n1. The van der Waals surface area contributed by atoms with Gasteiger partial charge in [0, 0.05) is 20.1 Å². The van der Waals surface area contributed by atoms with Crippen LogP contribution in [0.3, 0.4) is 0 Å². The minimum absolute atomic E-state index is 0.485. The maximum Gasteiger partial charge on any atom is 0.258 e. The Balaban J connectivity index is 1.93. The van der Waals surface area contributed by atoms with Gasteiger partial charge in [-0.1, -0.05) is 6.92 Å². The van der Waals surface area contributed by atoms with E-state index in [1.54, 1.807) is 18.1 Å². The van der Waals surface area contributed by atoms with Crippen LogP contribution in [-0.2, 0) is 0 Å². The molecule has 1 saturated carbocycles. The van der Waals surface area contributed by atoms with E-state index in [4.69, 9.17) is 0 Å². The number of rotatable bonds is 7. The second-order valence-corrected chi connectivity index (χ2v) is 5.24. The lowest BCUT2D eigenvalue weighted by molar-refractivity contribution is 0.679. The number of nitrogens with one attached hydrogen (secondary N) is 1. The summed E-state index contributed by atoms with van der Waals surface area (Å²) in [5.41, 5.74) is 0. The zero-order chi connectivity index (χ0) is 14.7. The first kappa shape index (κ1) is 13.7. The summed E-state index contributed by atoms with van der Waals surface area (Å²) in [6, 6.07) is 0. The van der Waals surface area contributed by atoms with Crippen LogP contribution in [0.15, 0.2) is 12.7 Å². The van der Waals surface area contributed by atoms with Gasteiger partial charge >= 0.3 is 0 Å². The van der Waals surface area contributed by atoms with E-state index in [0.29, 0.717) is 17.8 Å². The van der Waals surface area contributed by atoms with Gasteiger partial charge in [0.05, 0.1) is 0 Å². The summed E-state index contributed by atoms with van der Waals surface area (Å²) < 4.78 is 1.55. The van der Waals surface area contributed by atoms with E-state index in [0.717, 1.165) is 25.4 Å². The fourth-order valence-electron chi connectivity index (χ4n) is 2.18. The number of aromatic nitrogens is 6. The maximum absolute atomic E-state index is 4.55. The van der Waals surface area contributed by atoms with Crippen molar-refractivity contribution in [2.75, 3.05) is 30.4 Å². The van der Waals surface area contributed by atoms with E-state index in [9.17, 15) is 0 Å². The maximum atomic E-state index is 4.55. The van der Waals surface area contributed by atoms with Crippen molar-refractivity contribution in [3.8, 4) is 5.95 Å². The Morgan fingerprint density at radius 1 is 1.33 bits per heavy atom. The molecule has 1 aliphatic carbocycles. The van der Waals surface area contributed by atoms with Gasteiger partial charge in [-0.05, 0) is 25.2 Å². The molecule has 0 unspecified atom stereocenters. The van der Waals surface area contributed by atoms with Gasteiger partial charge < -0.3 is 10.2 Å². The van der Waals surface area contributed by atoms with Gasteiger partial charge in [-0.25, -0.2) is 4.98 Å². The normalized spacial score (nSPS) is 14.2. The monoisotopic (exact) mass is 288 g/mol. The average Bonchev–Trinajstić information content (AvgIpc) is 3.16. The molecule has 8 nitrogen and oxygen atoms in total. The number of hydrogen-bond donors (Lipinski definition) is 1. The quantitative estimate of drug-likeness (QED) is 0.817. The van der Waals surface area contributed by atoms with Gasteiger partial charge in [0.25, 0.3) is 5.95 Å². The van der Waals surface area contributed by atoms with Crippen molar-refractivity contribution in [2.45, 2.75) is 26.2 Å². The van der Waals surface area contributed by atoms with Crippen molar-refractivity contribution in [1.82, 2.24) is 29.7 Å². The Morgan fingerprint density at radius 3 is 2.81 bits per heavy atom. The summed E-state index contributed by atoms with van der Waals surface area (Å²) in [6.45, 7) is 4.12. The third-order valence-electron chi connectivity index (χ3n) is 3.41. The largest absolute Gasteiger partial charge is 0.357 e. The summed E-state index contributed by atoms with van der Waals surface area (Å²) in [5.74, 6) is 2.51. The third-order valence-corrected chi connectivity index (χ3v) is 3.41. The van der Waals surface area contributed by atoms with Crippen LogP contribution >= 0.6 is 0 Å². The van der Waals surface area contributed by atoms with E-state index in [1.807, 2.05) is 0 Å². The van der Waals surface area contributed by atoms with E-state index in [1.165, 1.54) is 19.2 Å². The highest BCUT2D eigenvalue weighted by molar-refractivity contribution is 5.39. The first-order valence-corrected chi connectivity index (χ1v) is 7.34. The van der Waals surface area contributed by atoms with Crippen LogP contribution in [0, 0.1) is 5.92 Å². The molecule has 112 valence electrons. The second kappa shape index (κ2) is 6.02. The van der Waals surface area contributed by atoms with E-state index >= 15 is 0 Å². The molecule has 0 atom stereocenters. The molecule has 8 heteroatoms. The van der Waals surface area contributed by atoms with Crippen molar-refractivity contribution in [3.05, 3.63) is 12.7 Å². The van der Waals surface area contributed by atoms with Crippen molar-refractivity contribution in [1.29, 1.82) is 0 Å². The van der Waals surface area contributed by atoms with Crippen molar-refractivity contribution >= 4 is 11.9 Å². The molecule has 0 amide bonds. The lowest BCUT2D eigenvalue weighted by Gasteiger charge is -2.22. The molecule has 0 bridgehead atoms. The molecule has 0 aromatic carbocycles. The fraction of sp³-hybridized carbons (Fsp3) is 0.615. The lowest BCUT2D eigenvalue weighted by atomic mass is 10.3. The summed E-state index contributed by atoms with van der Waals surface area (Å²) in [7, 11) is 1.80. The molecule has 2 aromatic rings. The predicted molar refractivity (Wildman–Crippen MR) is 79.5 cm³/mol. The number of hydrogen-bond acceptors (Lipinski definition) is 7. The Morgan fingerprint density at radius 2 is 2.19 bits per heavy atom. The highest BCUT2D eigenvalue weighted by Gasteiger charge is 2.26. The lowest BCUT2D eigenvalue weighted by Crippen LogP contribution is -2.29. The van der Waals surface area contributed by atoms with E-state index < -0.39 is 0 Å². The molecule has 0 spiro atoms. The molecule has 1 fully saturated rings. The average molecular weight is 288 g/mol. The first-order chi connectivity index (χ1) is 10.3. The fourth-order valence-corrected chi connectivity index (χ4v) is 2.18. The Bertz CT molecular complexity index is 578. The van der Waals surface area contributed by atoms with Gasteiger partial charge in [-0.3, -0.25) is 0 Å². The van der Waals surface area contributed by atoms with Gasteiger partial charge in [0.1, 0.15) is 12.7 Å². The summed E-state index contributed by atoms with van der Waals surface area (Å²) in [6.07, 6.45) is 6.73. The molecule has 1 aliphatic rings. The molecule has 3 rings (SSSR count). The Kier molecular flexibility index (Phi) is 3.94. The van der Waals surface area contributed by atoms with Gasteiger partial charge in [-0.2, -0.15) is 24.7 Å². The molecule has 21 heavy (non-hydrogen) atoms.